The molecule has 0 bridgehead atoms. The van der Waals surface area contributed by atoms with E-state index in [1.165, 1.54) is 6.92 Å². The van der Waals surface area contributed by atoms with Gasteiger partial charge in [0.25, 0.3) is 0 Å². The van der Waals surface area contributed by atoms with Gasteiger partial charge in [-0.15, -0.1) is 0 Å². The van der Waals surface area contributed by atoms with Crippen LogP contribution in [0.25, 0.3) is 0 Å². The van der Waals surface area contributed by atoms with Crippen molar-refractivity contribution in [1.29, 1.82) is 0 Å². The second-order valence-electron chi connectivity index (χ2n) is 6.63. The summed E-state index contributed by atoms with van der Waals surface area (Å²) in [6, 6.07) is 5.08. The van der Waals surface area contributed by atoms with Gasteiger partial charge in [-0.2, -0.15) is 0 Å². The number of carbonyl (C=O) groups is 2. The van der Waals surface area contributed by atoms with Gasteiger partial charge in [0, 0.05) is 11.1 Å². The highest BCUT2D eigenvalue weighted by molar-refractivity contribution is 5.94. The molecule has 1 aliphatic heterocycles. The van der Waals surface area contributed by atoms with Gasteiger partial charge in [-0.05, 0) is 51.0 Å². The third-order valence-electron chi connectivity index (χ3n) is 4.28. The molecule has 0 saturated heterocycles. The van der Waals surface area contributed by atoms with Crippen molar-refractivity contribution >= 4 is 11.8 Å². The maximum atomic E-state index is 12.2. The van der Waals surface area contributed by atoms with Crippen LogP contribution < -0.4 is 4.74 Å². The van der Waals surface area contributed by atoms with Crippen molar-refractivity contribution in [3.63, 3.8) is 0 Å². The Morgan fingerprint density at radius 3 is 2.58 bits per heavy atom. The molecule has 0 saturated carbocycles. The summed E-state index contributed by atoms with van der Waals surface area (Å²) in [4.78, 5) is 23.9. The second kappa shape index (κ2) is 6.77. The van der Waals surface area contributed by atoms with Crippen LogP contribution in [-0.2, 0) is 9.53 Å². The second-order valence-corrected chi connectivity index (χ2v) is 6.63. The van der Waals surface area contributed by atoms with Gasteiger partial charge < -0.3 is 14.6 Å². The topological polar surface area (TPSA) is 72.8 Å². The Balaban J connectivity index is 2.29. The lowest BCUT2D eigenvalue weighted by Gasteiger charge is -2.23. The zero-order valence-electron chi connectivity index (χ0n) is 14.6. The molecular weight excluding hydrogens is 308 g/mol. The van der Waals surface area contributed by atoms with Crippen molar-refractivity contribution in [2.24, 2.45) is 0 Å². The van der Waals surface area contributed by atoms with Crippen molar-refractivity contribution < 1.29 is 24.2 Å². The van der Waals surface area contributed by atoms with Gasteiger partial charge in [-0.1, -0.05) is 13.5 Å². The zero-order chi connectivity index (χ0) is 18.1. The molecule has 1 aromatic carbocycles. The fourth-order valence-corrected chi connectivity index (χ4v) is 2.56. The lowest BCUT2D eigenvalue weighted by atomic mass is 9.98. The van der Waals surface area contributed by atoms with Crippen molar-refractivity contribution in [3.05, 3.63) is 41.5 Å². The molecule has 0 aliphatic carbocycles. The van der Waals surface area contributed by atoms with E-state index >= 15 is 0 Å². The zero-order valence-corrected chi connectivity index (χ0v) is 14.6. The molecule has 0 amide bonds. The normalized spacial score (nSPS) is 21.4. The summed E-state index contributed by atoms with van der Waals surface area (Å²) in [7, 11) is 0. The molecule has 1 aromatic rings. The monoisotopic (exact) mass is 332 g/mol. The average molecular weight is 332 g/mol. The van der Waals surface area contributed by atoms with Gasteiger partial charge in [-0.25, -0.2) is 0 Å². The molecule has 130 valence electrons. The van der Waals surface area contributed by atoms with Crippen LogP contribution in [0.5, 0.6) is 5.75 Å². The van der Waals surface area contributed by atoms with Gasteiger partial charge in [0.2, 0.25) is 0 Å². The molecule has 0 aromatic heterocycles. The van der Waals surface area contributed by atoms with Gasteiger partial charge in [0.15, 0.2) is 18.0 Å². The Kier molecular flexibility index (Phi) is 5.13. The lowest BCUT2D eigenvalue weighted by Crippen LogP contribution is -2.30. The van der Waals surface area contributed by atoms with Crippen LogP contribution in [0.3, 0.4) is 0 Å². The molecule has 0 fully saturated rings. The summed E-state index contributed by atoms with van der Waals surface area (Å²) in [6.07, 6.45) is -0.835. The summed E-state index contributed by atoms with van der Waals surface area (Å²) >= 11 is 0. The fourth-order valence-electron chi connectivity index (χ4n) is 2.56. The third-order valence-corrected chi connectivity index (χ3v) is 4.28. The first-order valence-corrected chi connectivity index (χ1v) is 8.03. The highest BCUT2D eigenvalue weighted by atomic mass is 16.6. The number of hydrogen-bond acceptors (Lipinski definition) is 5. The first-order valence-electron chi connectivity index (χ1n) is 8.03. The van der Waals surface area contributed by atoms with Crippen molar-refractivity contribution in [1.82, 2.24) is 0 Å². The molecule has 0 unspecified atom stereocenters. The third kappa shape index (κ3) is 3.85. The summed E-state index contributed by atoms with van der Waals surface area (Å²) in [6.45, 7) is 10.6. The predicted molar refractivity (Wildman–Crippen MR) is 90.0 cm³/mol. The summed E-state index contributed by atoms with van der Waals surface area (Å²) in [5.41, 5.74) is 0.788. The number of ketones is 1. The summed E-state index contributed by atoms with van der Waals surface area (Å²) < 4.78 is 11.4. The number of rotatable bonds is 6. The molecule has 3 atom stereocenters. The first-order chi connectivity index (χ1) is 11.1. The number of benzene rings is 1. The van der Waals surface area contributed by atoms with Crippen molar-refractivity contribution in [2.45, 2.75) is 58.3 Å². The molecular formula is C19H24O5. The number of ether oxygens (including phenoxy) is 2. The highest BCUT2D eigenvalue weighted by Gasteiger charge is 2.39. The largest absolute Gasteiger partial charge is 0.481 e. The molecule has 0 radical (unpaired) electrons. The van der Waals surface area contributed by atoms with Crippen LogP contribution in [0.15, 0.2) is 30.4 Å². The standard InChI is InChI=1S/C19H24O5/c1-6-19(5,22)10-16(21)24-18-14-9-13(12(4)20)7-8-15(14)23-17(18)11(2)3/h7-9,17-18,22H,2,6,10H2,1,3-5H3/t17-,18+,19-/m1/s1. The van der Waals surface area contributed by atoms with Crippen LogP contribution in [0.1, 0.15) is 62.6 Å². The number of esters is 1. The SMILES string of the molecule is C=C(C)[C@H]1Oc2ccc(C(C)=O)cc2[C@@H]1OC(=O)C[C@](C)(O)CC. The van der Waals surface area contributed by atoms with E-state index in [0.29, 0.717) is 23.3 Å². The Bertz CT molecular complexity index is 674. The van der Waals surface area contributed by atoms with E-state index in [-0.39, 0.29) is 12.2 Å². The molecule has 1 aliphatic rings. The van der Waals surface area contributed by atoms with Crippen LogP contribution in [0, 0.1) is 0 Å². The number of Topliss-reactive ketones (excluding diaryl/α,β-unsaturated/α-hetero) is 1. The van der Waals surface area contributed by atoms with Gasteiger partial charge in [0.05, 0.1) is 12.0 Å². The minimum atomic E-state index is -1.11. The van der Waals surface area contributed by atoms with Crippen LogP contribution >= 0.6 is 0 Å². The van der Waals surface area contributed by atoms with Crippen LogP contribution in [-0.4, -0.2) is 28.6 Å². The molecule has 0 spiro atoms. The summed E-state index contributed by atoms with van der Waals surface area (Å²) in [5, 5.41) is 10.1. The van der Waals surface area contributed by atoms with Crippen LogP contribution in [0.4, 0.5) is 0 Å². The molecule has 1 heterocycles. The summed E-state index contributed by atoms with van der Waals surface area (Å²) in [5.74, 6) is -0.00797. The smallest absolute Gasteiger partial charge is 0.309 e. The number of aliphatic hydroxyl groups is 1. The van der Waals surface area contributed by atoms with Gasteiger partial charge >= 0.3 is 5.97 Å². The van der Waals surface area contributed by atoms with E-state index in [1.807, 2.05) is 0 Å². The minimum Gasteiger partial charge on any atom is -0.481 e. The number of fused-ring (bicyclic) bond motifs is 1. The van der Waals surface area contributed by atoms with Gasteiger partial charge in [0.1, 0.15) is 5.75 Å². The number of hydrogen-bond donors (Lipinski definition) is 1. The van der Waals surface area contributed by atoms with Crippen LogP contribution in [0.2, 0.25) is 0 Å². The molecule has 2 rings (SSSR count). The van der Waals surface area contributed by atoms with E-state index in [9.17, 15) is 14.7 Å². The Morgan fingerprint density at radius 2 is 2.04 bits per heavy atom. The minimum absolute atomic E-state index is 0.0735. The highest BCUT2D eigenvalue weighted by Crippen LogP contribution is 2.42. The van der Waals surface area contributed by atoms with E-state index < -0.39 is 23.8 Å². The Morgan fingerprint density at radius 1 is 1.38 bits per heavy atom. The first kappa shape index (κ1) is 18.2. The number of carbonyl (C=O) groups excluding carboxylic acids is 2. The van der Waals surface area contributed by atoms with E-state index in [4.69, 9.17) is 9.47 Å². The molecule has 5 heteroatoms. The lowest BCUT2D eigenvalue weighted by molar-refractivity contribution is -0.156. The fraction of sp³-hybridized carbons (Fsp3) is 0.474. The van der Waals surface area contributed by atoms with E-state index in [1.54, 1.807) is 39.0 Å². The molecule has 1 N–H and O–H groups in total. The predicted octanol–water partition coefficient (Wildman–Crippen LogP) is 3.36. The van der Waals surface area contributed by atoms with Gasteiger partial charge in [-0.3, -0.25) is 9.59 Å². The molecule has 24 heavy (non-hydrogen) atoms. The van der Waals surface area contributed by atoms with E-state index in [0.717, 1.165) is 5.57 Å². The Labute approximate surface area is 142 Å². The Hall–Kier alpha value is -2.14. The average Bonchev–Trinajstić information content (AvgIpc) is 2.84. The maximum absolute atomic E-state index is 12.2. The maximum Gasteiger partial charge on any atom is 0.309 e. The van der Waals surface area contributed by atoms with Crippen molar-refractivity contribution in [2.75, 3.05) is 0 Å². The quantitative estimate of drug-likeness (QED) is 0.491. The van der Waals surface area contributed by atoms with Crippen molar-refractivity contribution in [3.8, 4) is 5.75 Å². The van der Waals surface area contributed by atoms with E-state index in [2.05, 4.69) is 6.58 Å². The molecule has 5 nitrogen and oxygen atoms in total.